The quantitative estimate of drug-likeness (QED) is 0.629. The Morgan fingerprint density at radius 3 is 2.07 bits per heavy atom. The van der Waals surface area contributed by atoms with Crippen LogP contribution >= 0.6 is 0 Å². The van der Waals surface area contributed by atoms with E-state index in [1.807, 2.05) is 0 Å². The van der Waals surface area contributed by atoms with Crippen molar-refractivity contribution in [2.45, 2.75) is 32.4 Å². The molecule has 0 aliphatic carbocycles. The monoisotopic (exact) mass is 203 g/mol. The first-order chi connectivity index (χ1) is 6.23. The van der Waals surface area contributed by atoms with Gasteiger partial charge in [-0.2, -0.15) is 13.2 Å². The molecule has 0 atom stereocenters. The van der Waals surface area contributed by atoms with E-state index in [0.29, 0.717) is 0 Å². The highest BCUT2D eigenvalue weighted by Gasteiger charge is 2.36. The van der Waals surface area contributed by atoms with Crippen molar-refractivity contribution in [1.82, 2.24) is 4.98 Å². The molecule has 0 amide bonds. The van der Waals surface area contributed by atoms with Gasteiger partial charge in [0.2, 0.25) is 0 Å². The van der Waals surface area contributed by atoms with Crippen LogP contribution in [0.25, 0.3) is 0 Å². The van der Waals surface area contributed by atoms with Crippen LogP contribution in [0, 0.1) is 0 Å². The molecular weight excluding hydrogens is 191 g/mol. The van der Waals surface area contributed by atoms with Gasteiger partial charge in [-0.3, -0.25) is 4.98 Å². The van der Waals surface area contributed by atoms with Gasteiger partial charge in [-0.05, 0) is 12.1 Å². The lowest BCUT2D eigenvalue weighted by molar-refractivity contribution is -0.139. The Morgan fingerprint density at radius 2 is 1.71 bits per heavy atom. The number of rotatable bonds is 0. The molecule has 1 heterocycles. The normalized spacial score (nSPS) is 13.0. The van der Waals surface area contributed by atoms with Crippen molar-refractivity contribution < 1.29 is 13.2 Å². The summed E-state index contributed by atoms with van der Waals surface area (Å²) in [6.07, 6.45) is -2.94. The second kappa shape index (κ2) is 3.26. The number of hydrogen-bond donors (Lipinski definition) is 0. The van der Waals surface area contributed by atoms with E-state index in [1.54, 1.807) is 20.8 Å². The fourth-order valence-electron chi connectivity index (χ4n) is 1.23. The first kappa shape index (κ1) is 11.0. The number of aromatic nitrogens is 1. The zero-order valence-electron chi connectivity index (χ0n) is 8.31. The van der Waals surface area contributed by atoms with Gasteiger partial charge < -0.3 is 0 Å². The molecule has 1 aromatic rings. The summed E-state index contributed by atoms with van der Waals surface area (Å²) in [6.45, 7) is 5.14. The Kier molecular flexibility index (Phi) is 2.56. The van der Waals surface area contributed by atoms with Gasteiger partial charge in [0.05, 0.1) is 11.3 Å². The van der Waals surface area contributed by atoms with E-state index in [9.17, 15) is 13.2 Å². The molecule has 0 spiro atoms. The fourth-order valence-corrected chi connectivity index (χ4v) is 1.23. The number of hydrogen-bond acceptors (Lipinski definition) is 1. The zero-order valence-corrected chi connectivity index (χ0v) is 8.31. The van der Waals surface area contributed by atoms with E-state index in [2.05, 4.69) is 4.98 Å². The lowest BCUT2D eigenvalue weighted by atomic mass is 9.88. The molecule has 0 saturated heterocycles. The molecule has 0 aliphatic rings. The molecular formula is C10H12F3N. The average molecular weight is 203 g/mol. The summed E-state index contributed by atoms with van der Waals surface area (Å²) < 4.78 is 37.6. The SMILES string of the molecule is CC(C)(C)c1ncccc1C(F)(F)F. The molecule has 0 saturated carbocycles. The van der Waals surface area contributed by atoms with Crippen LogP contribution in [0.1, 0.15) is 32.0 Å². The zero-order chi connectivity index (χ0) is 11.0. The van der Waals surface area contributed by atoms with Crippen molar-refractivity contribution in [3.05, 3.63) is 29.6 Å². The summed E-state index contributed by atoms with van der Waals surface area (Å²) >= 11 is 0. The van der Waals surface area contributed by atoms with Gasteiger partial charge in [0.25, 0.3) is 0 Å². The van der Waals surface area contributed by atoms with Crippen LogP contribution < -0.4 is 0 Å². The van der Waals surface area contributed by atoms with Crippen LogP contribution in [0.3, 0.4) is 0 Å². The summed E-state index contributed by atoms with van der Waals surface area (Å²) in [7, 11) is 0. The number of nitrogens with zero attached hydrogens (tertiary/aromatic N) is 1. The molecule has 0 aromatic carbocycles. The third-order valence-corrected chi connectivity index (χ3v) is 1.82. The lowest BCUT2D eigenvalue weighted by Crippen LogP contribution is -2.21. The van der Waals surface area contributed by atoms with Gasteiger partial charge >= 0.3 is 6.18 Å². The molecule has 1 nitrogen and oxygen atoms in total. The number of pyridine rings is 1. The van der Waals surface area contributed by atoms with Gasteiger partial charge in [0.15, 0.2) is 0 Å². The van der Waals surface area contributed by atoms with E-state index in [0.717, 1.165) is 6.07 Å². The van der Waals surface area contributed by atoms with Gasteiger partial charge in [0.1, 0.15) is 0 Å². The predicted octanol–water partition coefficient (Wildman–Crippen LogP) is 3.40. The third kappa shape index (κ3) is 2.25. The minimum atomic E-state index is -4.32. The van der Waals surface area contributed by atoms with E-state index < -0.39 is 17.2 Å². The van der Waals surface area contributed by atoms with Crippen LogP contribution in [0.2, 0.25) is 0 Å². The Morgan fingerprint density at radius 1 is 1.14 bits per heavy atom. The van der Waals surface area contributed by atoms with E-state index in [1.165, 1.54) is 12.3 Å². The first-order valence-electron chi connectivity index (χ1n) is 4.25. The van der Waals surface area contributed by atoms with Crippen LogP contribution in [0.5, 0.6) is 0 Å². The predicted molar refractivity (Wildman–Crippen MR) is 47.9 cm³/mol. The average Bonchev–Trinajstić information content (AvgIpc) is 2.01. The van der Waals surface area contributed by atoms with Crippen molar-refractivity contribution in [1.29, 1.82) is 0 Å². The minimum absolute atomic E-state index is 0.0903. The topological polar surface area (TPSA) is 12.9 Å². The summed E-state index contributed by atoms with van der Waals surface area (Å²) in [5.74, 6) is 0. The second-order valence-electron chi connectivity index (χ2n) is 4.15. The van der Waals surface area contributed by atoms with Crippen LogP contribution in [0.15, 0.2) is 18.3 Å². The van der Waals surface area contributed by atoms with Crippen molar-refractivity contribution in [2.75, 3.05) is 0 Å². The van der Waals surface area contributed by atoms with Gasteiger partial charge in [-0.15, -0.1) is 0 Å². The Balaban J connectivity index is 3.31. The molecule has 14 heavy (non-hydrogen) atoms. The molecule has 0 unspecified atom stereocenters. The smallest absolute Gasteiger partial charge is 0.260 e. The molecule has 1 aromatic heterocycles. The molecule has 78 valence electrons. The third-order valence-electron chi connectivity index (χ3n) is 1.82. The molecule has 4 heteroatoms. The van der Waals surface area contributed by atoms with E-state index in [-0.39, 0.29) is 5.69 Å². The summed E-state index contributed by atoms with van der Waals surface area (Å²) in [4.78, 5) is 3.80. The summed E-state index contributed by atoms with van der Waals surface area (Å²) in [6, 6.07) is 2.37. The summed E-state index contributed by atoms with van der Waals surface area (Å²) in [5, 5.41) is 0. The summed E-state index contributed by atoms with van der Waals surface area (Å²) in [5.41, 5.74) is -1.15. The number of halogens is 3. The maximum Gasteiger partial charge on any atom is 0.418 e. The number of alkyl halides is 3. The molecule has 0 aliphatic heterocycles. The van der Waals surface area contributed by atoms with Gasteiger partial charge in [-0.1, -0.05) is 20.8 Å². The highest BCUT2D eigenvalue weighted by Crippen LogP contribution is 2.35. The second-order valence-corrected chi connectivity index (χ2v) is 4.15. The standard InChI is InChI=1S/C10H12F3N/c1-9(2,3)8-7(10(11,12)13)5-4-6-14-8/h4-6H,1-3H3. The minimum Gasteiger partial charge on any atom is -0.260 e. The van der Waals surface area contributed by atoms with Crippen molar-refractivity contribution in [3.63, 3.8) is 0 Å². The highest BCUT2D eigenvalue weighted by molar-refractivity contribution is 5.28. The van der Waals surface area contributed by atoms with Crippen LogP contribution in [-0.4, -0.2) is 4.98 Å². The van der Waals surface area contributed by atoms with E-state index >= 15 is 0 Å². The van der Waals surface area contributed by atoms with Gasteiger partial charge in [-0.25, -0.2) is 0 Å². The Bertz CT molecular complexity index is 290. The molecule has 0 bridgehead atoms. The van der Waals surface area contributed by atoms with Crippen LogP contribution in [0.4, 0.5) is 13.2 Å². The molecule has 0 radical (unpaired) electrons. The fraction of sp³-hybridized carbons (Fsp3) is 0.500. The first-order valence-corrected chi connectivity index (χ1v) is 4.25. The Labute approximate surface area is 81.0 Å². The highest BCUT2D eigenvalue weighted by atomic mass is 19.4. The molecule has 0 N–H and O–H groups in total. The van der Waals surface area contributed by atoms with E-state index in [4.69, 9.17) is 0 Å². The van der Waals surface area contributed by atoms with Crippen molar-refractivity contribution in [3.8, 4) is 0 Å². The lowest BCUT2D eigenvalue weighted by Gasteiger charge is -2.22. The van der Waals surface area contributed by atoms with Crippen molar-refractivity contribution in [2.24, 2.45) is 0 Å². The van der Waals surface area contributed by atoms with Gasteiger partial charge in [0, 0.05) is 11.6 Å². The maximum absolute atomic E-state index is 12.5. The molecule has 1 rings (SSSR count). The Hall–Kier alpha value is -1.06. The van der Waals surface area contributed by atoms with Crippen LogP contribution in [-0.2, 0) is 11.6 Å². The maximum atomic E-state index is 12.5. The van der Waals surface area contributed by atoms with Crippen molar-refractivity contribution >= 4 is 0 Å². The largest absolute Gasteiger partial charge is 0.418 e. The molecule has 0 fully saturated rings.